The summed E-state index contributed by atoms with van der Waals surface area (Å²) in [5.74, 6) is -1.49. The molecule has 1 fully saturated rings. The van der Waals surface area contributed by atoms with E-state index < -0.39 is 5.97 Å². The van der Waals surface area contributed by atoms with Crippen molar-refractivity contribution in [3.63, 3.8) is 0 Å². The van der Waals surface area contributed by atoms with Crippen LogP contribution < -0.4 is 10.3 Å². The van der Waals surface area contributed by atoms with E-state index in [4.69, 9.17) is 4.42 Å². The van der Waals surface area contributed by atoms with Crippen molar-refractivity contribution in [2.24, 2.45) is 0 Å². The van der Waals surface area contributed by atoms with Crippen LogP contribution in [0.4, 0.5) is 5.69 Å². The molecule has 0 atom stereocenters. The Kier molecular flexibility index (Phi) is 4.73. The van der Waals surface area contributed by atoms with E-state index >= 15 is 0 Å². The average Bonchev–Trinajstić information content (AvgIpc) is 2.48. The molecule has 1 aliphatic heterocycles. The molecule has 7 heteroatoms. The highest BCUT2D eigenvalue weighted by Gasteiger charge is 2.26. The van der Waals surface area contributed by atoms with Gasteiger partial charge in [-0.25, -0.2) is 4.79 Å². The molecular weight excluding hydrogens is 308 g/mol. The highest BCUT2D eigenvalue weighted by molar-refractivity contribution is 5.95. The number of nitrogens with zero attached hydrogens (tertiary/aromatic N) is 2. The van der Waals surface area contributed by atoms with Crippen LogP contribution in [0.3, 0.4) is 0 Å². The minimum absolute atomic E-state index is 0. The minimum atomic E-state index is -1.22. The first-order chi connectivity index (χ1) is 10.1. The largest absolute Gasteiger partial charge is 0.475 e. The first-order valence-electron chi connectivity index (χ1n) is 6.80. The summed E-state index contributed by atoms with van der Waals surface area (Å²) in [6, 6.07) is 6.73. The predicted molar refractivity (Wildman–Crippen MR) is 86.4 cm³/mol. The molecule has 1 aliphatic rings. The van der Waals surface area contributed by atoms with E-state index in [2.05, 4.69) is 4.90 Å². The van der Waals surface area contributed by atoms with Crippen molar-refractivity contribution >= 4 is 35.0 Å². The fourth-order valence-electron chi connectivity index (χ4n) is 2.59. The van der Waals surface area contributed by atoms with Gasteiger partial charge in [0, 0.05) is 26.2 Å². The van der Waals surface area contributed by atoms with Gasteiger partial charge in [0.1, 0.15) is 11.3 Å². The highest BCUT2D eigenvalue weighted by atomic mass is 35.5. The van der Waals surface area contributed by atoms with Crippen molar-refractivity contribution in [1.82, 2.24) is 4.90 Å². The third-order valence-corrected chi connectivity index (χ3v) is 3.79. The van der Waals surface area contributed by atoms with Gasteiger partial charge in [0.15, 0.2) is 0 Å². The summed E-state index contributed by atoms with van der Waals surface area (Å²) in [7, 11) is 2.00. The topological polar surface area (TPSA) is 74.0 Å². The first kappa shape index (κ1) is 16.3. The Hall–Kier alpha value is -2.05. The van der Waals surface area contributed by atoms with Gasteiger partial charge in [-0.05, 0) is 19.2 Å². The van der Waals surface area contributed by atoms with Crippen LogP contribution >= 0.6 is 12.4 Å². The van der Waals surface area contributed by atoms with Gasteiger partial charge in [0.2, 0.25) is 11.2 Å². The van der Waals surface area contributed by atoms with Crippen molar-refractivity contribution in [2.45, 2.75) is 0 Å². The molecule has 0 saturated carbocycles. The zero-order chi connectivity index (χ0) is 15.0. The SMILES string of the molecule is CN1CCN(c2c(C(=O)O)oc3ccccc3c2=O)CC1.Cl. The Balaban J connectivity index is 0.00000176. The summed E-state index contributed by atoms with van der Waals surface area (Å²) in [5, 5.41) is 9.78. The number of aromatic carboxylic acids is 1. The van der Waals surface area contributed by atoms with Crippen molar-refractivity contribution < 1.29 is 14.3 Å². The van der Waals surface area contributed by atoms with Crippen LogP contribution in [0.15, 0.2) is 33.5 Å². The molecule has 0 spiro atoms. The Labute approximate surface area is 133 Å². The van der Waals surface area contributed by atoms with Crippen LogP contribution in [0.5, 0.6) is 0 Å². The molecule has 3 rings (SSSR count). The van der Waals surface area contributed by atoms with E-state index in [-0.39, 0.29) is 29.3 Å². The number of benzene rings is 1. The Bertz CT molecular complexity index is 751. The van der Waals surface area contributed by atoms with Crippen LogP contribution in [0.25, 0.3) is 11.0 Å². The van der Waals surface area contributed by atoms with Gasteiger partial charge >= 0.3 is 5.97 Å². The number of carbonyl (C=O) groups is 1. The van der Waals surface area contributed by atoms with Crippen molar-refractivity contribution in [1.29, 1.82) is 0 Å². The highest BCUT2D eigenvalue weighted by Crippen LogP contribution is 2.23. The number of carboxylic acids is 1. The molecule has 0 bridgehead atoms. The lowest BCUT2D eigenvalue weighted by molar-refractivity contribution is 0.0664. The normalized spacial score (nSPS) is 15.6. The fraction of sp³-hybridized carbons (Fsp3) is 0.333. The zero-order valence-electron chi connectivity index (χ0n) is 12.1. The van der Waals surface area contributed by atoms with E-state index in [1.54, 1.807) is 24.3 Å². The lowest BCUT2D eigenvalue weighted by atomic mass is 10.1. The summed E-state index contributed by atoms with van der Waals surface area (Å²) in [6.07, 6.45) is 0. The maximum Gasteiger partial charge on any atom is 0.374 e. The molecule has 6 nitrogen and oxygen atoms in total. The van der Waals surface area contributed by atoms with E-state index in [9.17, 15) is 14.7 Å². The van der Waals surface area contributed by atoms with Gasteiger partial charge in [-0.15, -0.1) is 12.4 Å². The number of fused-ring (bicyclic) bond motifs is 1. The Morgan fingerprint density at radius 2 is 1.82 bits per heavy atom. The number of piperazine rings is 1. The number of likely N-dealkylation sites (N-methyl/N-ethyl adjacent to an activating group) is 1. The second-order valence-electron chi connectivity index (χ2n) is 5.20. The van der Waals surface area contributed by atoms with E-state index in [0.29, 0.717) is 24.1 Å². The molecule has 1 aromatic heterocycles. The quantitative estimate of drug-likeness (QED) is 0.905. The molecule has 0 amide bonds. The van der Waals surface area contributed by atoms with Crippen LogP contribution in [0.2, 0.25) is 0 Å². The molecule has 1 aromatic carbocycles. The number of hydrogen-bond acceptors (Lipinski definition) is 5. The third-order valence-electron chi connectivity index (χ3n) is 3.79. The molecule has 1 N–H and O–H groups in total. The molecule has 22 heavy (non-hydrogen) atoms. The maximum atomic E-state index is 12.7. The monoisotopic (exact) mass is 324 g/mol. The molecule has 0 unspecified atom stereocenters. The fourth-order valence-corrected chi connectivity index (χ4v) is 2.59. The molecular formula is C15H17ClN2O4. The van der Waals surface area contributed by atoms with Crippen molar-refractivity contribution in [3.05, 3.63) is 40.2 Å². The van der Waals surface area contributed by atoms with Gasteiger partial charge in [-0.3, -0.25) is 4.79 Å². The van der Waals surface area contributed by atoms with E-state index in [1.807, 2.05) is 11.9 Å². The summed E-state index contributed by atoms with van der Waals surface area (Å²) < 4.78 is 5.46. The minimum Gasteiger partial charge on any atom is -0.475 e. The van der Waals surface area contributed by atoms with Gasteiger partial charge in [0.05, 0.1) is 5.39 Å². The van der Waals surface area contributed by atoms with Gasteiger partial charge in [-0.1, -0.05) is 12.1 Å². The number of anilines is 1. The molecule has 0 aliphatic carbocycles. The molecule has 2 aromatic rings. The lowest BCUT2D eigenvalue weighted by Gasteiger charge is -2.33. The lowest BCUT2D eigenvalue weighted by Crippen LogP contribution is -2.46. The maximum absolute atomic E-state index is 12.7. The predicted octanol–water partition coefficient (Wildman–Crippen LogP) is 1.66. The van der Waals surface area contributed by atoms with E-state index in [0.717, 1.165) is 13.1 Å². The van der Waals surface area contributed by atoms with Gasteiger partial charge in [-0.2, -0.15) is 0 Å². The van der Waals surface area contributed by atoms with E-state index in [1.165, 1.54) is 0 Å². The van der Waals surface area contributed by atoms with Gasteiger partial charge in [0.25, 0.3) is 0 Å². The van der Waals surface area contributed by atoms with Crippen LogP contribution in [0.1, 0.15) is 10.6 Å². The smallest absolute Gasteiger partial charge is 0.374 e. The number of carboxylic acid groups (broad SMARTS) is 1. The molecule has 2 heterocycles. The summed E-state index contributed by atoms with van der Waals surface area (Å²) >= 11 is 0. The Morgan fingerprint density at radius 3 is 2.45 bits per heavy atom. The summed E-state index contributed by atoms with van der Waals surface area (Å²) in [6.45, 7) is 2.79. The molecule has 1 saturated heterocycles. The van der Waals surface area contributed by atoms with Crippen LogP contribution in [0, 0.1) is 0 Å². The number of hydrogen-bond donors (Lipinski definition) is 1. The zero-order valence-corrected chi connectivity index (χ0v) is 12.9. The number of para-hydroxylation sites is 1. The molecule has 118 valence electrons. The van der Waals surface area contributed by atoms with Crippen LogP contribution in [-0.2, 0) is 0 Å². The van der Waals surface area contributed by atoms with Crippen molar-refractivity contribution in [3.8, 4) is 0 Å². The molecule has 0 radical (unpaired) electrons. The van der Waals surface area contributed by atoms with Crippen LogP contribution in [-0.4, -0.2) is 49.2 Å². The second kappa shape index (κ2) is 6.37. The van der Waals surface area contributed by atoms with Gasteiger partial charge < -0.3 is 19.3 Å². The Morgan fingerprint density at radius 1 is 1.18 bits per heavy atom. The average molecular weight is 325 g/mol. The standard InChI is InChI=1S/C15H16N2O4.ClH/c1-16-6-8-17(9-7-16)12-13(18)10-4-2-3-5-11(10)21-14(12)15(19)20;/h2-5H,6-9H2,1H3,(H,19,20);1H. The summed E-state index contributed by atoms with van der Waals surface area (Å²) in [5.41, 5.74) is 0.186. The third kappa shape index (κ3) is 2.80. The summed E-state index contributed by atoms with van der Waals surface area (Å²) in [4.78, 5) is 28.1. The number of halogens is 1. The first-order valence-corrected chi connectivity index (χ1v) is 6.80. The number of rotatable bonds is 2. The second-order valence-corrected chi connectivity index (χ2v) is 5.20. The van der Waals surface area contributed by atoms with Crippen molar-refractivity contribution in [2.75, 3.05) is 38.1 Å².